The van der Waals surface area contributed by atoms with Crippen molar-refractivity contribution in [3.63, 3.8) is 0 Å². The topological polar surface area (TPSA) is 101 Å². The number of hydrogen-bond acceptors (Lipinski definition) is 4. The number of amides is 2. The molecular weight excluding hydrogens is 256 g/mol. The van der Waals surface area contributed by atoms with Gasteiger partial charge in [-0.1, -0.05) is 0 Å². The highest BCUT2D eigenvalue weighted by molar-refractivity contribution is 7.90. The first-order chi connectivity index (χ1) is 7.77. The Hall–Kier alpha value is -1.90. The molecule has 17 heavy (non-hydrogen) atoms. The smallest absolute Gasteiger partial charge is 0.328 e. The van der Waals surface area contributed by atoms with E-state index >= 15 is 0 Å². The van der Waals surface area contributed by atoms with Crippen LogP contribution in [0.25, 0.3) is 0 Å². The standard InChI is InChI=1S/C8H9F2N3O3S/c1-12-8(14)13-17(15,16)7-3-6(11)4(9)2-5(7)10/h2-3H,11H2,1H3,(H2,12,13,14). The van der Waals surface area contributed by atoms with Gasteiger partial charge in [-0.2, -0.15) is 0 Å². The fraction of sp³-hybridized carbons (Fsp3) is 0.125. The van der Waals surface area contributed by atoms with Crippen molar-refractivity contribution in [2.45, 2.75) is 4.90 Å². The Labute approximate surface area is 95.9 Å². The van der Waals surface area contributed by atoms with E-state index in [0.717, 1.165) is 0 Å². The molecular formula is C8H9F2N3O3S. The molecule has 94 valence electrons. The average molecular weight is 265 g/mol. The SMILES string of the molecule is CNC(=O)NS(=O)(=O)c1cc(N)c(F)cc1F. The van der Waals surface area contributed by atoms with Crippen molar-refractivity contribution in [2.24, 2.45) is 0 Å². The van der Waals surface area contributed by atoms with E-state index in [1.54, 1.807) is 0 Å². The third kappa shape index (κ3) is 2.81. The Kier molecular flexibility index (Phi) is 3.51. The Morgan fingerprint density at radius 1 is 1.29 bits per heavy atom. The molecule has 9 heteroatoms. The van der Waals surface area contributed by atoms with E-state index < -0.39 is 38.3 Å². The number of carbonyl (C=O) groups excluding carboxylic acids is 1. The maximum atomic E-state index is 13.2. The highest BCUT2D eigenvalue weighted by Crippen LogP contribution is 2.20. The number of halogens is 2. The molecule has 1 aromatic carbocycles. The summed E-state index contributed by atoms with van der Waals surface area (Å²) in [5, 5.41) is 1.98. The number of benzene rings is 1. The third-order valence-corrected chi connectivity index (χ3v) is 3.14. The summed E-state index contributed by atoms with van der Waals surface area (Å²) in [5.74, 6) is -2.42. The van der Waals surface area contributed by atoms with Crippen LogP contribution in [0.3, 0.4) is 0 Å². The maximum Gasteiger partial charge on any atom is 0.328 e. The minimum Gasteiger partial charge on any atom is -0.396 e. The molecule has 0 fully saturated rings. The molecule has 0 spiro atoms. The summed E-state index contributed by atoms with van der Waals surface area (Å²) in [6, 6.07) is -0.128. The first-order valence-corrected chi connectivity index (χ1v) is 5.75. The molecule has 0 aromatic heterocycles. The zero-order chi connectivity index (χ0) is 13.2. The monoisotopic (exact) mass is 265 g/mol. The van der Waals surface area contributed by atoms with E-state index in [2.05, 4.69) is 0 Å². The highest BCUT2D eigenvalue weighted by Gasteiger charge is 2.22. The molecule has 0 aliphatic heterocycles. The lowest BCUT2D eigenvalue weighted by Gasteiger charge is -2.08. The molecule has 0 saturated heterocycles. The Bertz CT molecular complexity index is 559. The molecule has 0 aliphatic rings. The summed E-state index contributed by atoms with van der Waals surface area (Å²) in [4.78, 5) is 9.93. The van der Waals surface area contributed by atoms with Gasteiger partial charge in [0, 0.05) is 13.1 Å². The van der Waals surface area contributed by atoms with Crippen LogP contribution in [0.2, 0.25) is 0 Å². The number of nitrogens with two attached hydrogens (primary N) is 1. The van der Waals surface area contributed by atoms with Crippen LogP contribution in [0.5, 0.6) is 0 Å². The number of urea groups is 1. The summed E-state index contributed by atoms with van der Waals surface area (Å²) in [7, 11) is -3.24. The van der Waals surface area contributed by atoms with Gasteiger partial charge in [0.25, 0.3) is 10.0 Å². The van der Waals surface area contributed by atoms with Crippen LogP contribution in [-0.4, -0.2) is 21.5 Å². The summed E-state index contributed by atoms with van der Waals surface area (Å²) < 4.78 is 50.6. The van der Waals surface area contributed by atoms with Gasteiger partial charge in [-0.25, -0.2) is 26.7 Å². The van der Waals surface area contributed by atoms with Crippen LogP contribution in [0, 0.1) is 11.6 Å². The Morgan fingerprint density at radius 3 is 2.41 bits per heavy atom. The minimum atomic E-state index is -4.43. The van der Waals surface area contributed by atoms with Gasteiger partial charge in [0.2, 0.25) is 0 Å². The van der Waals surface area contributed by atoms with Crippen LogP contribution in [-0.2, 0) is 10.0 Å². The number of nitrogen functional groups attached to an aromatic ring is 1. The van der Waals surface area contributed by atoms with Crippen molar-refractivity contribution in [3.05, 3.63) is 23.8 Å². The second kappa shape index (κ2) is 4.53. The molecule has 0 aliphatic carbocycles. The summed E-state index contributed by atoms with van der Waals surface area (Å²) >= 11 is 0. The molecule has 1 rings (SSSR count). The van der Waals surface area contributed by atoms with Gasteiger partial charge in [0.05, 0.1) is 5.69 Å². The molecule has 0 atom stereocenters. The Balaban J connectivity index is 3.25. The van der Waals surface area contributed by atoms with Crippen LogP contribution in [0.4, 0.5) is 19.3 Å². The number of hydrogen-bond donors (Lipinski definition) is 3. The predicted molar refractivity (Wildman–Crippen MR) is 55.5 cm³/mol. The zero-order valence-electron chi connectivity index (χ0n) is 8.62. The second-order valence-electron chi connectivity index (χ2n) is 2.99. The summed E-state index contributed by atoms with van der Waals surface area (Å²) in [6.07, 6.45) is 0. The van der Waals surface area contributed by atoms with Crippen LogP contribution in [0.1, 0.15) is 0 Å². The number of sulfonamides is 1. The van der Waals surface area contributed by atoms with Crippen molar-refractivity contribution >= 4 is 21.7 Å². The van der Waals surface area contributed by atoms with Crippen molar-refractivity contribution < 1.29 is 22.0 Å². The molecule has 2 amide bonds. The van der Waals surface area contributed by atoms with Gasteiger partial charge in [-0.15, -0.1) is 0 Å². The van der Waals surface area contributed by atoms with E-state index in [4.69, 9.17) is 5.73 Å². The van der Waals surface area contributed by atoms with Gasteiger partial charge in [0.1, 0.15) is 16.5 Å². The van der Waals surface area contributed by atoms with Gasteiger partial charge >= 0.3 is 6.03 Å². The fourth-order valence-corrected chi connectivity index (χ4v) is 2.03. The molecule has 0 heterocycles. The second-order valence-corrected chi connectivity index (χ2v) is 4.64. The summed E-state index contributed by atoms with van der Waals surface area (Å²) in [6.45, 7) is 0. The quantitative estimate of drug-likeness (QED) is 0.663. The van der Waals surface area contributed by atoms with Crippen molar-refractivity contribution in [3.8, 4) is 0 Å². The van der Waals surface area contributed by atoms with E-state index in [9.17, 15) is 22.0 Å². The predicted octanol–water partition coefficient (Wildman–Crippen LogP) is 0.165. The molecule has 0 unspecified atom stereocenters. The van der Waals surface area contributed by atoms with E-state index in [1.165, 1.54) is 11.8 Å². The van der Waals surface area contributed by atoms with Gasteiger partial charge in [-0.3, -0.25) is 0 Å². The molecule has 0 bridgehead atoms. The van der Waals surface area contributed by atoms with Crippen molar-refractivity contribution in [2.75, 3.05) is 12.8 Å². The first-order valence-electron chi connectivity index (χ1n) is 4.27. The summed E-state index contributed by atoms with van der Waals surface area (Å²) in [5.41, 5.74) is 4.58. The molecule has 6 nitrogen and oxygen atoms in total. The van der Waals surface area contributed by atoms with E-state index in [-0.39, 0.29) is 0 Å². The Morgan fingerprint density at radius 2 is 1.88 bits per heavy atom. The molecule has 0 radical (unpaired) electrons. The molecule has 1 aromatic rings. The number of nitrogens with one attached hydrogen (secondary N) is 2. The van der Waals surface area contributed by atoms with E-state index in [1.807, 2.05) is 5.32 Å². The third-order valence-electron chi connectivity index (χ3n) is 1.79. The number of rotatable bonds is 2. The molecule has 4 N–H and O–H groups in total. The van der Waals surface area contributed by atoms with Gasteiger partial charge in [0.15, 0.2) is 0 Å². The first kappa shape index (κ1) is 13.2. The largest absolute Gasteiger partial charge is 0.396 e. The van der Waals surface area contributed by atoms with Crippen LogP contribution in [0.15, 0.2) is 17.0 Å². The van der Waals surface area contributed by atoms with Gasteiger partial charge in [-0.05, 0) is 6.07 Å². The lowest BCUT2D eigenvalue weighted by atomic mass is 10.3. The average Bonchev–Trinajstić information content (AvgIpc) is 2.22. The normalized spacial score (nSPS) is 11.0. The maximum absolute atomic E-state index is 13.2. The zero-order valence-corrected chi connectivity index (χ0v) is 9.44. The highest BCUT2D eigenvalue weighted by atomic mass is 32.2. The van der Waals surface area contributed by atoms with E-state index in [0.29, 0.717) is 12.1 Å². The van der Waals surface area contributed by atoms with Gasteiger partial charge < -0.3 is 11.1 Å². The van der Waals surface area contributed by atoms with Crippen molar-refractivity contribution in [1.29, 1.82) is 0 Å². The number of carbonyl (C=O) groups is 1. The number of anilines is 1. The fourth-order valence-electron chi connectivity index (χ4n) is 0.979. The lowest BCUT2D eigenvalue weighted by molar-refractivity contribution is 0.247. The van der Waals surface area contributed by atoms with Crippen LogP contribution < -0.4 is 15.8 Å². The minimum absolute atomic E-state index is 0.327. The van der Waals surface area contributed by atoms with Crippen LogP contribution >= 0.6 is 0 Å². The lowest BCUT2D eigenvalue weighted by Crippen LogP contribution is -2.37. The van der Waals surface area contributed by atoms with Crippen molar-refractivity contribution in [1.82, 2.24) is 10.0 Å². The molecule has 0 saturated carbocycles.